The highest BCUT2D eigenvalue weighted by Gasteiger charge is 2.29. The van der Waals surface area contributed by atoms with Gasteiger partial charge in [0.05, 0.1) is 16.7 Å². The van der Waals surface area contributed by atoms with Crippen molar-refractivity contribution in [3.8, 4) is 67.8 Å². The average molecular weight is 872 g/mol. The third-order valence-electron chi connectivity index (χ3n) is 13.4. The fourth-order valence-corrected chi connectivity index (χ4v) is 11.6. The van der Waals surface area contributed by atoms with Gasteiger partial charge >= 0.3 is 0 Å². The Morgan fingerprint density at radius 2 is 0.925 bits per heavy atom. The molecule has 0 amide bonds. The van der Waals surface area contributed by atoms with Gasteiger partial charge in [-0.05, 0) is 86.3 Å². The average Bonchev–Trinajstić information content (AvgIpc) is 3.92. The van der Waals surface area contributed by atoms with Crippen molar-refractivity contribution in [3.63, 3.8) is 0 Å². The van der Waals surface area contributed by atoms with Crippen molar-refractivity contribution in [2.24, 2.45) is 0 Å². The maximum Gasteiger partial charge on any atom is 0.164 e. The van der Waals surface area contributed by atoms with E-state index in [1.54, 1.807) is 0 Å². The monoisotopic (exact) mass is 871 g/mol. The Bertz CT molecular complexity index is 4130. The number of nitrogens with zero attached hydrogens (tertiary/aromatic N) is 5. The molecule has 0 fully saturated rings. The Morgan fingerprint density at radius 1 is 0.358 bits per heavy atom. The molecule has 0 unspecified atom stereocenters. The number of fused-ring (bicyclic) bond motifs is 9. The predicted octanol–water partition coefficient (Wildman–Crippen LogP) is 16.0. The molecule has 0 bridgehead atoms. The van der Waals surface area contributed by atoms with E-state index in [0.29, 0.717) is 17.5 Å². The van der Waals surface area contributed by atoms with Crippen LogP contribution in [0, 0.1) is 0 Å². The lowest BCUT2D eigenvalue weighted by Gasteiger charge is -2.23. The SMILES string of the molecule is c1ccc(-c2ccc(-c3nc(-c4cccc(-c5cccc6c5Sc5cccc7c8c9ccccc9n(-c9ccccc9)c8n-6c57)c4)nc(-c4cccc5ccccc45)n3)c3ccccc23)cc1. The number of hydrogen-bond acceptors (Lipinski definition) is 4. The van der Waals surface area contributed by atoms with Gasteiger partial charge in [-0.1, -0.05) is 194 Å². The summed E-state index contributed by atoms with van der Waals surface area (Å²) in [6, 6.07) is 80.1. The molecule has 0 radical (unpaired) electrons. The van der Waals surface area contributed by atoms with E-state index in [2.05, 4.69) is 234 Å². The first-order valence-electron chi connectivity index (χ1n) is 22.6. The van der Waals surface area contributed by atoms with E-state index >= 15 is 0 Å². The molecule has 1 aliphatic rings. The summed E-state index contributed by atoms with van der Waals surface area (Å²) in [7, 11) is 0. The van der Waals surface area contributed by atoms with Crippen molar-refractivity contribution < 1.29 is 0 Å². The first kappa shape index (κ1) is 37.8. The molecule has 0 spiro atoms. The van der Waals surface area contributed by atoms with Crippen LogP contribution < -0.4 is 0 Å². The summed E-state index contributed by atoms with van der Waals surface area (Å²) >= 11 is 1.85. The summed E-state index contributed by atoms with van der Waals surface area (Å²) in [6.45, 7) is 0. The summed E-state index contributed by atoms with van der Waals surface area (Å²) in [5.41, 5.74) is 13.3. The van der Waals surface area contributed by atoms with Crippen LogP contribution in [0.4, 0.5) is 0 Å². The second kappa shape index (κ2) is 15.0. The molecule has 5 nitrogen and oxygen atoms in total. The first-order valence-corrected chi connectivity index (χ1v) is 23.4. The van der Waals surface area contributed by atoms with Gasteiger partial charge in [-0.25, -0.2) is 15.0 Å². The van der Waals surface area contributed by atoms with Crippen molar-refractivity contribution in [1.82, 2.24) is 24.1 Å². The van der Waals surface area contributed by atoms with Gasteiger partial charge in [0.1, 0.15) is 5.65 Å². The Morgan fingerprint density at radius 3 is 1.76 bits per heavy atom. The molecule has 0 atom stereocenters. The minimum atomic E-state index is 0.620. The van der Waals surface area contributed by atoms with E-state index in [9.17, 15) is 0 Å². The van der Waals surface area contributed by atoms with Gasteiger partial charge in [-0.3, -0.25) is 9.13 Å². The molecular formula is C61H37N5S. The summed E-state index contributed by atoms with van der Waals surface area (Å²) in [5.74, 6) is 1.89. The van der Waals surface area contributed by atoms with E-state index in [4.69, 9.17) is 15.0 Å². The van der Waals surface area contributed by atoms with Crippen molar-refractivity contribution >= 4 is 66.1 Å². The lowest BCUT2D eigenvalue weighted by Crippen LogP contribution is -2.06. The second-order valence-corrected chi connectivity index (χ2v) is 18.2. The van der Waals surface area contributed by atoms with Crippen molar-refractivity contribution in [2.45, 2.75) is 9.79 Å². The molecular weight excluding hydrogens is 835 g/mol. The summed E-state index contributed by atoms with van der Waals surface area (Å²) in [5, 5.41) is 8.25. The fourth-order valence-electron chi connectivity index (χ4n) is 10.4. The zero-order chi connectivity index (χ0) is 44.0. The number of benzene rings is 10. The molecule has 3 aromatic heterocycles. The maximum atomic E-state index is 5.36. The van der Waals surface area contributed by atoms with Gasteiger partial charge in [0, 0.05) is 48.3 Å². The van der Waals surface area contributed by atoms with Gasteiger partial charge < -0.3 is 0 Å². The Kier molecular flexibility index (Phi) is 8.45. The van der Waals surface area contributed by atoms with Crippen molar-refractivity contribution in [3.05, 3.63) is 224 Å². The molecule has 0 saturated heterocycles. The molecule has 67 heavy (non-hydrogen) atoms. The van der Waals surface area contributed by atoms with E-state index in [1.165, 1.54) is 53.8 Å². The normalized spacial score (nSPS) is 12.1. The largest absolute Gasteiger partial charge is 0.295 e. The lowest BCUT2D eigenvalue weighted by molar-refractivity contribution is 1.03. The highest BCUT2D eigenvalue weighted by molar-refractivity contribution is 8.00. The van der Waals surface area contributed by atoms with Gasteiger partial charge in [-0.15, -0.1) is 0 Å². The van der Waals surface area contributed by atoms with Crippen LogP contribution in [-0.2, 0) is 0 Å². The zero-order valence-corrected chi connectivity index (χ0v) is 36.8. The predicted molar refractivity (Wildman–Crippen MR) is 277 cm³/mol. The zero-order valence-electron chi connectivity index (χ0n) is 36.0. The topological polar surface area (TPSA) is 48.5 Å². The lowest BCUT2D eigenvalue weighted by atomic mass is 9.94. The minimum absolute atomic E-state index is 0.620. The van der Waals surface area contributed by atoms with Crippen LogP contribution in [-0.4, -0.2) is 24.1 Å². The van der Waals surface area contributed by atoms with E-state index in [1.807, 2.05) is 11.8 Å². The molecule has 10 aromatic carbocycles. The highest BCUT2D eigenvalue weighted by Crippen LogP contribution is 2.52. The molecule has 0 aliphatic carbocycles. The smallest absolute Gasteiger partial charge is 0.164 e. The van der Waals surface area contributed by atoms with Crippen LogP contribution in [0.3, 0.4) is 0 Å². The van der Waals surface area contributed by atoms with Gasteiger partial charge in [-0.2, -0.15) is 0 Å². The van der Waals surface area contributed by atoms with Gasteiger partial charge in [0.25, 0.3) is 0 Å². The van der Waals surface area contributed by atoms with Crippen LogP contribution in [0.5, 0.6) is 0 Å². The first-order chi connectivity index (χ1) is 33.2. The number of aromatic nitrogens is 5. The minimum Gasteiger partial charge on any atom is -0.295 e. The van der Waals surface area contributed by atoms with Crippen molar-refractivity contribution in [2.75, 3.05) is 0 Å². The van der Waals surface area contributed by atoms with Crippen molar-refractivity contribution in [1.29, 1.82) is 0 Å². The molecule has 4 heterocycles. The molecule has 0 saturated carbocycles. The van der Waals surface area contributed by atoms with Crippen LogP contribution in [0.25, 0.3) is 122 Å². The maximum absolute atomic E-state index is 5.36. The summed E-state index contributed by atoms with van der Waals surface area (Å²) < 4.78 is 4.94. The Labute approximate surface area is 390 Å². The quantitative estimate of drug-likeness (QED) is 0.167. The number of para-hydroxylation sites is 3. The standard InChI is InChI=1S/C61H37N5S/c1-3-17-38(18-4-1)44-35-36-49(47-27-10-9-26-46(44)47)60-63-58(62-59(64-60)48-30-14-20-39-19-7-8-25-43(39)48)41-22-13-21-40(37-41)45-29-15-33-53-57(45)67-54-34-16-31-51-55-50-28-11-12-32-52(50)65(42-23-5-2-6-24-42)61(55)66(53)56(51)54/h1-37H. The number of rotatable bonds is 6. The van der Waals surface area contributed by atoms with Crippen LogP contribution in [0.2, 0.25) is 0 Å². The second-order valence-electron chi connectivity index (χ2n) is 17.1. The molecule has 1 aliphatic heterocycles. The van der Waals surface area contributed by atoms with Gasteiger partial charge in [0.2, 0.25) is 0 Å². The van der Waals surface area contributed by atoms with E-state index < -0.39 is 0 Å². The third-order valence-corrected chi connectivity index (χ3v) is 14.5. The molecule has 0 N–H and O–H groups in total. The van der Waals surface area contributed by atoms with Crippen LogP contribution in [0.1, 0.15) is 0 Å². The Balaban J connectivity index is 0.969. The molecule has 13 aromatic rings. The van der Waals surface area contributed by atoms with E-state index in [-0.39, 0.29) is 0 Å². The van der Waals surface area contributed by atoms with Gasteiger partial charge in [0.15, 0.2) is 17.5 Å². The molecule has 312 valence electrons. The number of hydrogen-bond donors (Lipinski definition) is 0. The van der Waals surface area contributed by atoms with Crippen LogP contribution in [0.15, 0.2) is 234 Å². The molecule has 14 rings (SSSR count). The summed E-state index contributed by atoms with van der Waals surface area (Å²) in [4.78, 5) is 18.4. The highest BCUT2D eigenvalue weighted by atomic mass is 32.2. The molecule has 6 heteroatoms. The van der Waals surface area contributed by atoms with Crippen LogP contribution >= 0.6 is 11.8 Å². The third kappa shape index (κ3) is 5.86. The van der Waals surface area contributed by atoms with E-state index in [0.717, 1.165) is 60.7 Å². The summed E-state index contributed by atoms with van der Waals surface area (Å²) in [6.07, 6.45) is 0. The fraction of sp³-hybridized carbons (Fsp3) is 0. The Hall–Kier alpha value is -8.58.